The molecular formula is C18H24O3. The minimum Gasteiger partial charge on any atom is -0.457 e. The molecule has 0 saturated carbocycles. The summed E-state index contributed by atoms with van der Waals surface area (Å²) in [6.07, 6.45) is 0.215. The maximum absolute atomic E-state index is 8.11. The summed E-state index contributed by atoms with van der Waals surface area (Å²) in [5, 5.41) is 16.2. The summed E-state index contributed by atoms with van der Waals surface area (Å²) in [5.41, 5.74) is 2.48. The molecule has 0 unspecified atom stereocenters. The number of ether oxygens (including phenoxy) is 1. The number of hydrogen-bond donors (Lipinski definition) is 2. The highest BCUT2D eigenvalue weighted by atomic mass is 16.5. The molecule has 3 heteroatoms. The Balaban J connectivity index is 0.000000315. The average molecular weight is 288 g/mol. The number of rotatable bonds is 4. The van der Waals surface area contributed by atoms with Crippen molar-refractivity contribution < 1.29 is 14.9 Å². The molecule has 0 amide bonds. The summed E-state index contributed by atoms with van der Waals surface area (Å²) in [6, 6.07) is 16.1. The van der Waals surface area contributed by atoms with E-state index in [1.54, 1.807) is 0 Å². The predicted molar refractivity (Wildman–Crippen MR) is 85.6 cm³/mol. The number of benzene rings is 2. The molecule has 3 nitrogen and oxygen atoms in total. The zero-order valence-electron chi connectivity index (χ0n) is 12.9. The highest BCUT2D eigenvalue weighted by Crippen LogP contribution is 2.21. The fourth-order valence-corrected chi connectivity index (χ4v) is 1.61. The fraction of sp³-hybridized carbons (Fsp3) is 0.333. The van der Waals surface area contributed by atoms with Gasteiger partial charge in [0, 0.05) is 0 Å². The largest absolute Gasteiger partial charge is 0.457 e. The van der Waals surface area contributed by atoms with E-state index in [2.05, 4.69) is 13.8 Å². The van der Waals surface area contributed by atoms with Crippen molar-refractivity contribution in [3.05, 3.63) is 59.7 Å². The van der Waals surface area contributed by atoms with Crippen molar-refractivity contribution in [1.29, 1.82) is 0 Å². The summed E-state index contributed by atoms with van der Waals surface area (Å²) in [7, 11) is 0. The van der Waals surface area contributed by atoms with Gasteiger partial charge in [0.05, 0.1) is 0 Å². The first kappa shape index (κ1) is 17.2. The van der Waals surface area contributed by atoms with E-state index in [-0.39, 0.29) is 0 Å². The van der Waals surface area contributed by atoms with Crippen molar-refractivity contribution in [2.24, 2.45) is 0 Å². The third kappa shape index (κ3) is 7.49. The van der Waals surface area contributed by atoms with Crippen LogP contribution < -0.4 is 4.74 Å². The van der Waals surface area contributed by atoms with E-state index < -0.39 is 6.29 Å². The number of hydrogen-bond acceptors (Lipinski definition) is 3. The average Bonchev–Trinajstić information content (AvgIpc) is 2.44. The van der Waals surface area contributed by atoms with Crippen LogP contribution in [-0.4, -0.2) is 16.5 Å². The normalized spacial score (nSPS) is 10.0. The van der Waals surface area contributed by atoms with E-state index in [1.807, 2.05) is 55.5 Å². The van der Waals surface area contributed by atoms with Crippen molar-refractivity contribution in [3.8, 4) is 11.5 Å². The van der Waals surface area contributed by atoms with Gasteiger partial charge in [0.1, 0.15) is 11.5 Å². The highest BCUT2D eigenvalue weighted by Gasteiger charge is 1.95. The van der Waals surface area contributed by atoms with Gasteiger partial charge in [-0.1, -0.05) is 48.7 Å². The second kappa shape index (κ2) is 9.16. The number of aryl methyl sites for hydroxylation is 2. The Kier molecular flexibility index (Phi) is 7.51. The number of aliphatic hydroxyl groups is 2. The van der Waals surface area contributed by atoms with Gasteiger partial charge in [-0.2, -0.15) is 0 Å². The van der Waals surface area contributed by atoms with Gasteiger partial charge in [-0.3, -0.25) is 0 Å². The van der Waals surface area contributed by atoms with Crippen molar-refractivity contribution >= 4 is 0 Å². The molecule has 0 heterocycles. The molecule has 0 bridgehead atoms. The lowest BCUT2D eigenvalue weighted by Crippen LogP contribution is -2.01. The Bertz CT molecular complexity index is 457. The first-order valence-corrected chi connectivity index (χ1v) is 7.18. The van der Waals surface area contributed by atoms with Gasteiger partial charge in [-0.05, 0) is 44.5 Å². The molecule has 0 atom stereocenters. The molecule has 0 aliphatic heterocycles. The topological polar surface area (TPSA) is 49.7 Å². The zero-order valence-corrected chi connectivity index (χ0v) is 12.9. The molecule has 0 fully saturated rings. The Labute approximate surface area is 126 Å². The summed E-state index contributed by atoms with van der Waals surface area (Å²) < 4.78 is 5.69. The monoisotopic (exact) mass is 288 g/mol. The molecule has 114 valence electrons. The van der Waals surface area contributed by atoms with Crippen molar-refractivity contribution in [1.82, 2.24) is 0 Å². The van der Waals surface area contributed by atoms with E-state index in [0.29, 0.717) is 6.42 Å². The van der Waals surface area contributed by atoms with E-state index in [1.165, 1.54) is 11.1 Å². The maximum atomic E-state index is 8.11. The number of aliphatic hydroxyl groups excluding tert-OH is 1. The summed E-state index contributed by atoms with van der Waals surface area (Å²) in [4.78, 5) is 0. The standard InChI is InChI=1S/C14H14O.C4H10O2/c1-11-3-7-13(8-4-11)15-14-9-5-12(2)6-10-14;1-2-3-4(5)6/h3-10H,1-2H3;4-6H,2-3H2,1H3. The molecule has 21 heavy (non-hydrogen) atoms. The first-order valence-electron chi connectivity index (χ1n) is 7.18. The van der Waals surface area contributed by atoms with Crippen LogP contribution in [0.3, 0.4) is 0 Å². The fourth-order valence-electron chi connectivity index (χ4n) is 1.61. The lowest BCUT2D eigenvalue weighted by molar-refractivity contribution is -0.0453. The molecule has 2 aromatic rings. The van der Waals surface area contributed by atoms with E-state index >= 15 is 0 Å². The molecule has 0 aromatic heterocycles. The molecule has 0 aliphatic rings. The van der Waals surface area contributed by atoms with Crippen LogP contribution in [0, 0.1) is 13.8 Å². The lowest BCUT2D eigenvalue weighted by Gasteiger charge is -2.05. The van der Waals surface area contributed by atoms with E-state index in [0.717, 1.165) is 17.9 Å². The lowest BCUT2D eigenvalue weighted by atomic mass is 10.2. The van der Waals surface area contributed by atoms with Crippen molar-refractivity contribution in [2.45, 2.75) is 39.9 Å². The van der Waals surface area contributed by atoms with E-state index in [4.69, 9.17) is 14.9 Å². The minimum atomic E-state index is -1.10. The molecule has 0 saturated heterocycles. The molecular weight excluding hydrogens is 264 g/mol. The predicted octanol–water partition coefficient (Wildman–Crippen LogP) is 4.19. The summed E-state index contributed by atoms with van der Waals surface area (Å²) in [5.74, 6) is 1.76. The van der Waals surface area contributed by atoms with Crippen molar-refractivity contribution in [3.63, 3.8) is 0 Å². The van der Waals surface area contributed by atoms with Crippen LogP contribution in [0.1, 0.15) is 30.9 Å². The molecule has 0 radical (unpaired) electrons. The van der Waals surface area contributed by atoms with Gasteiger partial charge < -0.3 is 14.9 Å². The van der Waals surface area contributed by atoms with Crippen molar-refractivity contribution in [2.75, 3.05) is 0 Å². The van der Waals surface area contributed by atoms with E-state index in [9.17, 15) is 0 Å². The Hall–Kier alpha value is -1.84. The van der Waals surface area contributed by atoms with Crippen LogP contribution in [0.5, 0.6) is 11.5 Å². The second-order valence-electron chi connectivity index (χ2n) is 5.00. The molecule has 2 aromatic carbocycles. The van der Waals surface area contributed by atoms with Crippen LogP contribution >= 0.6 is 0 Å². The van der Waals surface area contributed by atoms with Gasteiger partial charge in [0.25, 0.3) is 0 Å². The molecule has 2 N–H and O–H groups in total. The first-order chi connectivity index (χ1) is 10.0. The van der Waals surface area contributed by atoms with Gasteiger partial charge in [-0.25, -0.2) is 0 Å². The van der Waals surface area contributed by atoms with Crippen LogP contribution in [0.4, 0.5) is 0 Å². The van der Waals surface area contributed by atoms with Crippen LogP contribution in [0.25, 0.3) is 0 Å². The Morgan fingerprint density at radius 1 is 0.810 bits per heavy atom. The van der Waals surface area contributed by atoms with Gasteiger partial charge in [0.15, 0.2) is 6.29 Å². The molecule has 0 spiro atoms. The Morgan fingerprint density at radius 2 is 1.19 bits per heavy atom. The smallest absolute Gasteiger partial charge is 0.151 e. The zero-order chi connectivity index (χ0) is 15.7. The summed E-state index contributed by atoms with van der Waals surface area (Å²) >= 11 is 0. The Morgan fingerprint density at radius 3 is 1.43 bits per heavy atom. The van der Waals surface area contributed by atoms with Crippen LogP contribution in [0.2, 0.25) is 0 Å². The van der Waals surface area contributed by atoms with Gasteiger partial charge in [-0.15, -0.1) is 0 Å². The third-order valence-electron chi connectivity index (χ3n) is 2.82. The maximum Gasteiger partial charge on any atom is 0.151 e. The highest BCUT2D eigenvalue weighted by molar-refractivity contribution is 5.33. The van der Waals surface area contributed by atoms with Crippen LogP contribution in [0.15, 0.2) is 48.5 Å². The third-order valence-corrected chi connectivity index (χ3v) is 2.82. The summed E-state index contributed by atoms with van der Waals surface area (Å²) in [6.45, 7) is 6.03. The minimum absolute atomic E-state index is 0.486. The SMILES string of the molecule is CCCC(O)O.Cc1ccc(Oc2ccc(C)cc2)cc1. The molecule has 0 aliphatic carbocycles. The van der Waals surface area contributed by atoms with Gasteiger partial charge >= 0.3 is 0 Å². The molecule has 2 rings (SSSR count). The second-order valence-corrected chi connectivity index (χ2v) is 5.00. The quantitative estimate of drug-likeness (QED) is 0.829. The van der Waals surface area contributed by atoms with Crippen LogP contribution in [-0.2, 0) is 0 Å². The van der Waals surface area contributed by atoms with Gasteiger partial charge in [0.2, 0.25) is 0 Å².